The summed E-state index contributed by atoms with van der Waals surface area (Å²) in [6.07, 6.45) is -12.0. The van der Waals surface area contributed by atoms with Crippen molar-refractivity contribution >= 4 is 17.6 Å². The van der Waals surface area contributed by atoms with E-state index in [2.05, 4.69) is 35.2 Å². The van der Waals surface area contributed by atoms with E-state index in [1.165, 1.54) is 24.3 Å². The Balaban J connectivity index is 1.62. The third-order valence-electron chi connectivity index (χ3n) is 3.85. The van der Waals surface area contributed by atoms with Crippen molar-refractivity contribution in [3.63, 3.8) is 0 Å². The fourth-order valence-corrected chi connectivity index (χ4v) is 2.36. The number of azo groups is 1. The summed E-state index contributed by atoms with van der Waals surface area (Å²) in [5, 5.41) is 10.2. The predicted octanol–water partition coefficient (Wildman–Crippen LogP) is 6.15. The van der Waals surface area contributed by atoms with Gasteiger partial charge in [-0.3, -0.25) is 0 Å². The number of nitrogens with zero attached hydrogens (tertiary/aromatic N) is 5. The number of benzene rings is 2. The van der Waals surface area contributed by atoms with Crippen molar-refractivity contribution < 1.29 is 35.5 Å². The molecule has 2 aromatic carbocycles. The Labute approximate surface area is 181 Å². The average molecular weight is 474 g/mol. The summed E-state index contributed by atoms with van der Waals surface area (Å²) in [4.78, 5) is 11.5. The van der Waals surface area contributed by atoms with Crippen molar-refractivity contribution in [2.75, 3.05) is 5.32 Å². The zero-order valence-corrected chi connectivity index (χ0v) is 16.3. The quantitative estimate of drug-likeness (QED) is 0.313. The maximum Gasteiger partial charge on any atom is 0.461 e. The maximum atomic E-state index is 12.9. The van der Waals surface area contributed by atoms with Crippen molar-refractivity contribution in [2.45, 2.75) is 25.3 Å². The molecule has 1 N–H and O–H groups in total. The molecule has 0 saturated heterocycles. The van der Waals surface area contributed by atoms with Gasteiger partial charge < -0.3 is 10.1 Å². The van der Waals surface area contributed by atoms with E-state index in [1.807, 2.05) is 0 Å². The highest BCUT2D eigenvalue weighted by Crippen LogP contribution is 2.30. The zero-order chi connectivity index (χ0) is 24.1. The lowest BCUT2D eigenvalue weighted by Gasteiger charge is -2.16. The molecular formula is C19H13F7N6O. The number of anilines is 2. The van der Waals surface area contributed by atoms with Gasteiger partial charge in [0.1, 0.15) is 12.1 Å². The number of aromatic nitrogens is 3. The highest BCUT2D eigenvalue weighted by atomic mass is 19.4. The molecular weight excluding hydrogens is 461 g/mol. The Morgan fingerprint density at radius 2 is 1.70 bits per heavy atom. The number of nitrogens with one attached hydrogen (secondary N) is 1. The van der Waals surface area contributed by atoms with Crippen LogP contribution in [0.4, 0.5) is 48.3 Å². The molecule has 7 nitrogen and oxygen atoms in total. The van der Waals surface area contributed by atoms with Crippen molar-refractivity contribution in [3.05, 3.63) is 66.0 Å². The summed E-state index contributed by atoms with van der Waals surface area (Å²) in [5.74, 6) is -0.633. The number of hydrogen-bond donors (Lipinski definition) is 1. The second kappa shape index (κ2) is 9.75. The van der Waals surface area contributed by atoms with Crippen LogP contribution < -0.4 is 10.1 Å². The molecule has 174 valence electrons. The average Bonchev–Trinajstić information content (AvgIpc) is 2.75. The Morgan fingerprint density at radius 1 is 0.970 bits per heavy atom. The van der Waals surface area contributed by atoms with Gasteiger partial charge >= 0.3 is 18.7 Å². The molecule has 0 radical (unpaired) electrons. The van der Waals surface area contributed by atoms with Gasteiger partial charge in [-0.25, -0.2) is 4.98 Å². The van der Waals surface area contributed by atoms with Crippen molar-refractivity contribution in [1.29, 1.82) is 0 Å². The molecule has 3 aromatic rings. The molecule has 3 rings (SSSR count). The maximum absolute atomic E-state index is 12.9. The Hall–Kier alpha value is -3.84. The fourth-order valence-electron chi connectivity index (χ4n) is 2.36. The zero-order valence-electron chi connectivity index (χ0n) is 16.3. The predicted molar refractivity (Wildman–Crippen MR) is 101 cm³/mol. The van der Waals surface area contributed by atoms with Crippen LogP contribution in [0.5, 0.6) is 5.75 Å². The number of halogens is 7. The highest BCUT2D eigenvalue weighted by Gasteiger charge is 2.43. The van der Waals surface area contributed by atoms with Gasteiger partial charge in [-0.2, -0.15) is 45.8 Å². The summed E-state index contributed by atoms with van der Waals surface area (Å²) >= 11 is 0. The van der Waals surface area contributed by atoms with E-state index in [1.54, 1.807) is 0 Å². The van der Waals surface area contributed by atoms with Crippen molar-refractivity contribution in [2.24, 2.45) is 10.2 Å². The van der Waals surface area contributed by atoms with Crippen molar-refractivity contribution in [1.82, 2.24) is 15.0 Å². The van der Waals surface area contributed by atoms with E-state index in [9.17, 15) is 30.7 Å². The molecule has 0 bridgehead atoms. The van der Waals surface area contributed by atoms with E-state index in [0.29, 0.717) is 5.69 Å². The number of rotatable bonds is 8. The normalized spacial score (nSPS) is 12.4. The van der Waals surface area contributed by atoms with Crippen LogP contribution in [0.15, 0.2) is 65.1 Å². The molecule has 0 spiro atoms. The van der Waals surface area contributed by atoms with Crippen LogP contribution in [0.1, 0.15) is 11.1 Å². The molecule has 1 aromatic heterocycles. The van der Waals surface area contributed by atoms with Crippen molar-refractivity contribution in [3.8, 4) is 5.75 Å². The van der Waals surface area contributed by atoms with Gasteiger partial charge in [0, 0.05) is 5.69 Å². The second-order valence-corrected chi connectivity index (χ2v) is 6.32. The first-order valence-corrected chi connectivity index (χ1v) is 8.98. The first-order valence-electron chi connectivity index (χ1n) is 8.98. The smallest absolute Gasteiger partial charge is 0.428 e. The minimum Gasteiger partial charge on any atom is -0.428 e. The van der Waals surface area contributed by atoms with Crippen LogP contribution >= 0.6 is 0 Å². The minimum atomic E-state index is -4.63. The Bertz CT molecular complexity index is 1110. The molecule has 0 atom stereocenters. The van der Waals surface area contributed by atoms with E-state index in [0.717, 1.165) is 30.6 Å². The molecule has 0 aliphatic carbocycles. The van der Waals surface area contributed by atoms with Gasteiger partial charge in [0.05, 0.1) is 12.1 Å². The number of ether oxygens (including phenoxy) is 1. The molecule has 0 unspecified atom stereocenters. The molecule has 33 heavy (non-hydrogen) atoms. The largest absolute Gasteiger partial charge is 0.461 e. The Kier molecular flexibility index (Phi) is 7.04. The summed E-state index contributed by atoms with van der Waals surface area (Å²) in [5.41, 5.74) is -0.224. The van der Waals surface area contributed by atoms with Crippen LogP contribution in [0.25, 0.3) is 0 Å². The van der Waals surface area contributed by atoms with E-state index >= 15 is 0 Å². The molecule has 0 amide bonds. The van der Waals surface area contributed by atoms with E-state index in [4.69, 9.17) is 0 Å². The number of hydrogen-bond acceptors (Lipinski definition) is 7. The summed E-state index contributed by atoms with van der Waals surface area (Å²) in [6.45, 7) is -0.150. The SMILES string of the molecule is FC(F)C(F)(F)Oc1ccc(Nc2ncnc(N=NCc3cccc(C(F)(F)F)c3)n2)cc1. The van der Waals surface area contributed by atoms with Crippen LogP contribution in [0, 0.1) is 0 Å². The van der Waals surface area contributed by atoms with Crippen LogP contribution in [0.3, 0.4) is 0 Å². The first kappa shape index (κ1) is 23.8. The van der Waals surface area contributed by atoms with Crippen LogP contribution in [-0.2, 0) is 12.7 Å². The third-order valence-corrected chi connectivity index (χ3v) is 3.85. The summed E-state index contributed by atoms with van der Waals surface area (Å²) in [7, 11) is 0. The Morgan fingerprint density at radius 3 is 2.36 bits per heavy atom. The van der Waals surface area contributed by atoms with Gasteiger partial charge in [0.25, 0.3) is 5.95 Å². The molecule has 0 aliphatic rings. The second-order valence-electron chi connectivity index (χ2n) is 6.32. The van der Waals surface area contributed by atoms with Gasteiger partial charge in [0.15, 0.2) is 0 Å². The monoisotopic (exact) mass is 474 g/mol. The van der Waals surface area contributed by atoms with Gasteiger partial charge in [-0.1, -0.05) is 12.1 Å². The molecule has 1 heterocycles. The molecule has 0 saturated carbocycles. The standard InChI is InChI=1S/C19H13F7N6O/c20-15(21)19(25,26)33-14-6-4-13(5-7-14)30-16-27-10-28-17(31-16)32-29-9-11-2-1-3-12(8-11)18(22,23)24/h1-8,10,15H,9H2,(H,27,28,30,31). The van der Waals surface area contributed by atoms with Gasteiger partial charge in [-0.05, 0) is 42.0 Å². The van der Waals surface area contributed by atoms with Crippen LogP contribution in [-0.4, -0.2) is 27.5 Å². The highest BCUT2D eigenvalue weighted by molar-refractivity contribution is 5.54. The van der Waals surface area contributed by atoms with Gasteiger partial charge in [0.2, 0.25) is 5.95 Å². The lowest BCUT2D eigenvalue weighted by Crippen LogP contribution is -2.33. The number of alkyl halides is 7. The topological polar surface area (TPSA) is 84.6 Å². The molecule has 14 heteroatoms. The molecule has 0 aliphatic heterocycles. The van der Waals surface area contributed by atoms with Gasteiger partial charge in [-0.15, -0.1) is 5.11 Å². The fraction of sp³-hybridized carbons (Fsp3) is 0.211. The minimum absolute atomic E-state index is 0.00963. The first-order chi connectivity index (χ1) is 15.5. The molecule has 0 fully saturated rings. The van der Waals surface area contributed by atoms with E-state index < -0.39 is 30.0 Å². The van der Waals surface area contributed by atoms with Crippen LogP contribution in [0.2, 0.25) is 0 Å². The summed E-state index contributed by atoms with van der Waals surface area (Å²) < 4.78 is 92.4. The lowest BCUT2D eigenvalue weighted by molar-refractivity contribution is -0.253. The lowest BCUT2D eigenvalue weighted by atomic mass is 10.1. The third kappa shape index (κ3) is 6.82. The summed E-state index contributed by atoms with van der Waals surface area (Å²) in [6, 6.07) is 9.19. The van der Waals surface area contributed by atoms with E-state index in [-0.39, 0.29) is 24.0 Å².